The van der Waals surface area contributed by atoms with Crippen molar-refractivity contribution < 1.29 is 14.0 Å². The van der Waals surface area contributed by atoms with Crippen LogP contribution in [0.5, 0.6) is 0 Å². The molecule has 4 nitrogen and oxygen atoms in total. The van der Waals surface area contributed by atoms with Crippen molar-refractivity contribution in [2.75, 3.05) is 13.2 Å². The molecule has 1 saturated heterocycles. The number of carbonyl (C=O) groups is 2. The largest absolute Gasteiger partial charge is 0.336 e. The molecule has 1 heterocycles. The number of amides is 2. The summed E-state index contributed by atoms with van der Waals surface area (Å²) in [5, 5.41) is 2.84. The summed E-state index contributed by atoms with van der Waals surface area (Å²) in [5.74, 6) is -0.351. The van der Waals surface area contributed by atoms with Crippen LogP contribution >= 0.6 is 0 Å². The summed E-state index contributed by atoms with van der Waals surface area (Å²) < 4.78 is 12.5. The molecule has 0 aliphatic carbocycles. The molecule has 2 amide bonds. The second-order valence-corrected chi connectivity index (χ2v) is 5.45. The molecule has 0 saturated carbocycles. The van der Waals surface area contributed by atoms with Crippen LogP contribution in [0.4, 0.5) is 4.39 Å². The van der Waals surface area contributed by atoms with Gasteiger partial charge in [0.25, 0.3) is 5.91 Å². The van der Waals surface area contributed by atoms with Crippen LogP contribution in [-0.4, -0.2) is 36.0 Å². The molecule has 0 radical (unpaired) electrons. The molecule has 1 aliphatic heterocycles. The smallest absolute Gasteiger partial charge is 0.253 e. The van der Waals surface area contributed by atoms with Crippen LogP contribution in [0.1, 0.15) is 32.3 Å². The highest BCUT2D eigenvalue weighted by Gasteiger charge is 2.48. The standard InChI is InChI=1S/C16H21FN2O2/c1-3-13-14(20)18-16(2,12-8-5-4-6-9-12)15(21)19(13)11-7-10-17/h4-6,8-9,13H,3,7,10-11H2,1-2H3,(H,18,20). The van der Waals surface area contributed by atoms with E-state index in [1.807, 2.05) is 37.3 Å². The van der Waals surface area contributed by atoms with Gasteiger partial charge in [-0.3, -0.25) is 14.0 Å². The first-order chi connectivity index (χ1) is 10.0. The Hall–Kier alpha value is -1.91. The second-order valence-electron chi connectivity index (χ2n) is 5.45. The zero-order chi connectivity index (χ0) is 15.5. The number of alkyl halides is 1. The molecule has 2 rings (SSSR count). The predicted octanol–water partition coefficient (Wildman–Crippen LogP) is 2.00. The minimum Gasteiger partial charge on any atom is -0.336 e. The van der Waals surface area contributed by atoms with Crippen LogP contribution in [0.3, 0.4) is 0 Å². The highest BCUT2D eigenvalue weighted by atomic mass is 19.1. The molecule has 2 unspecified atom stereocenters. The van der Waals surface area contributed by atoms with Gasteiger partial charge in [0.1, 0.15) is 11.6 Å². The topological polar surface area (TPSA) is 49.4 Å². The molecule has 0 bridgehead atoms. The fourth-order valence-electron chi connectivity index (χ4n) is 2.81. The van der Waals surface area contributed by atoms with E-state index in [0.29, 0.717) is 6.42 Å². The lowest BCUT2D eigenvalue weighted by Gasteiger charge is -2.44. The first-order valence-corrected chi connectivity index (χ1v) is 7.29. The Kier molecular flexibility index (Phi) is 4.60. The van der Waals surface area contributed by atoms with Crippen LogP contribution in [0.25, 0.3) is 0 Å². The second kappa shape index (κ2) is 6.24. The van der Waals surface area contributed by atoms with Crippen LogP contribution in [0, 0.1) is 0 Å². The van der Waals surface area contributed by atoms with E-state index in [9.17, 15) is 14.0 Å². The molecule has 21 heavy (non-hydrogen) atoms. The number of piperazine rings is 1. The van der Waals surface area contributed by atoms with Crippen molar-refractivity contribution in [3.63, 3.8) is 0 Å². The third kappa shape index (κ3) is 2.77. The van der Waals surface area contributed by atoms with Gasteiger partial charge in [-0.05, 0) is 25.3 Å². The van der Waals surface area contributed by atoms with Gasteiger partial charge in [0.05, 0.1) is 6.67 Å². The molecule has 1 N–H and O–H groups in total. The summed E-state index contributed by atoms with van der Waals surface area (Å²) in [7, 11) is 0. The molecule has 0 spiro atoms. The highest BCUT2D eigenvalue weighted by Crippen LogP contribution is 2.29. The van der Waals surface area contributed by atoms with Gasteiger partial charge in [0, 0.05) is 6.54 Å². The normalized spacial score (nSPS) is 25.9. The van der Waals surface area contributed by atoms with Gasteiger partial charge < -0.3 is 10.2 Å². The van der Waals surface area contributed by atoms with Gasteiger partial charge in [-0.15, -0.1) is 0 Å². The third-order valence-corrected chi connectivity index (χ3v) is 4.01. The Morgan fingerprint density at radius 3 is 2.52 bits per heavy atom. The summed E-state index contributed by atoms with van der Waals surface area (Å²) in [6.07, 6.45) is 0.773. The van der Waals surface area contributed by atoms with E-state index in [1.165, 1.54) is 4.90 Å². The number of nitrogens with one attached hydrogen (secondary N) is 1. The lowest BCUT2D eigenvalue weighted by Crippen LogP contribution is -2.67. The molecule has 1 aliphatic rings. The van der Waals surface area contributed by atoms with E-state index in [4.69, 9.17) is 0 Å². The van der Waals surface area contributed by atoms with E-state index in [1.54, 1.807) is 6.92 Å². The fraction of sp³-hybridized carbons (Fsp3) is 0.500. The molecule has 2 atom stereocenters. The molecule has 5 heteroatoms. The molecule has 1 aromatic carbocycles. The number of hydrogen-bond acceptors (Lipinski definition) is 2. The summed E-state index contributed by atoms with van der Waals surface area (Å²) in [6, 6.07) is 8.64. The average molecular weight is 292 g/mol. The number of nitrogens with zero attached hydrogens (tertiary/aromatic N) is 1. The van der Waals surface area contributed by atoms with Crippen molar-refractivity contribution in [3.05, 3.63) is 35.9 Å². The maximum atomic E-state index is 12.9. The summed E-state index contributed by atoms with van der Waals surface area (Å²) in [5.41, 5.74) is -0.344. The van der Waals surface area contributed by atoms with E-state index in [-0.39, 0.29) is 24.8 Å². The zero-order valence-electron chi connectivity index (χ0n) is 12.4. The van der Waals surface area contributed by atoms with E-state index in [2.05, 4.69) is 5.32 Å². The SMILES string of the molecule is CCC1C(=O)NC(C)(c2ccccc2)C(=O)N1CCCF. The summed E-state index contributed by atoms with van der Waals surface area (Å²) in [6.45, 7) is 3.33. The summed E-state index contributed by atoms with van der Waals surface area (Å²) in [4.78, 5) is 26.7. The molecular weight excluding hydrogens is 271 g/mol. The quantitative estimate of drug-likeness (QED) is 0.902. The zero-order valence-corrected chi connectivity index (χ0v) is 12.4. The molecule has 1 aromatic rings. The van der Waals surface area contributed by atoms with E-state index < -0.39 is 18.3 Å². The maximum absolute atomic E-state index is 12.9. The number of benzene rings is 1. The van der Waals surface area contributed by atoms with Gasteiger partial charge in [0.15, 0.2) is 0 Å². The molecule has 114 valence electrons. The van der Waals surface area contributed by atoms with Crippen molar-refractivity contribution in [1.82, 2.24) is 10.2 Å². The minimum absolute atomic E-state index is 0.173. The average Bonchev–Trinajstić information content (AvgIpc) is 2.50. The predicted molar refractivity (Wildman–Crippen MR) is 78.3 cm³/mol. The highest BCUT2D eigenvalue weighted by molar-refractivity contribution is 6.00. The van der Waals surface area contributed by atoms with E-state index in [0.717, 1.165) is 5.56 Å². The van der Waals surface area contributed by atoms with Crippen LogP contribution in [0.2, 0.25) is 0 Å². The minimum atomic E-state index is -1.08. The Bertz CT molecular complexity index is 520. The third-order valence-electron chi connectivity index (χ3n) is 4.01. The van der Waals surface area contributed by atoms with Gasteiger partial charge in [-0.2, -0.15) is 0 Å². The lowest BCUT2D eigenvalue weighted by atomic mass is 9.86. The Labute approximate surface area is 124 Å². The van der Waals surface area contributed by atoms with Crippen molar-refractivity contribution in [1.29, 1.82) is 0 Å². The Morgan fingerprint density at radius 2 is 1.95 bits per heavy atom. The molecule has 1 fully saturated rings. The van der Waals surface area contributed by atoms with Gasteiger partial charge >= 0.3 is 0 Å². The van der Waals surface area contributed by atoms with Crippen molar-refractivity contribution >= 4 is 11.8 Å². The Morgan fingerprint density at radius 1 is 1.29 bits per heavy atom. The summed E-state index contributed by atoms with van der Waals surface area (Å²) >= 11 is 0. The first kappa shape index (κ1) is 15.5. The van der Waals surface area contributed by atoms with Crippen LogP contribution < -0.4 is 5.32 Å². The maximum Gasteiger partial charge on any atom is 0.253 e. The first-order valence-electron chi connectivity index (χ1n) is 7.29. The van der Waals surface area contributed by atoms with Gasteiger partial charge in [-0.1, -0.05) is 37.3 Å². The Balaban J connectivity index is 2.36. The van der Waals surface area contributed by atoms with E-state index >= 15 is 0 Å². The lowest BCUT2D eigenvalue weighted by molar-refractivity contribution is -0.155. The van der Waals surface area contributed by atoms with Crippen LogP contribution in [0.15, 0.2) is 30.3 Å². The molecular formula is C16H21FN2O2. The molecule has 0 aromatic heterocycles. The number of hydrogen-bond donors (Lipinski definition) is 1. The number of carbonyl (C=O) groups excluding carboxylic acids is 2. The van der Waals surface area contributed by atoms with Crippen molar-refractivity contribution in [3.8, 4) is 0 Å². The number of halogens is 1. The van der Waals surface area contributed by atoms with Crippen molar-refractivity contribution in [2.45, 2.75) is 38.3 Å². The monoisotopic (exact) mass is 292 g/mol. The number of rotatable bonds is 5. The van der Waals surface area contributed by atoms with Gasteiger partial charge in [-0.25, -0.2) is 0 Å². The van der Waals surface area contributed by atoms with Gasteiger partial charge in [0.2, 0.25) is 5.91 Å². The van der Waals surface area contributed by atoms with Crippen molar-refractivity contribution in [2.24, 2.45) is 0 Å². The fourth-order valence-corrected chi connectivity index (χ4v) is 2.81. The van der Waals surface area contributed by atoms with Crippen LogP contribution in [-0.2, 0) is 15.1 Å².